The number of carbonyl (C=O) groups is 1. The number of rotatable bonds is 5. The molecule has 23 heavy (non-hydrogen) atoms. The summed E-state index contributed by atoms with van der Waals surface area (Å²) in [6.07, 6.45) is 1.53. The third-order valence-electron chi connectivity index (χ3n) is 5.29. The summed E-state index contributed by atoms with van der Waals surface area (Å²) in [6.45, 7) is 20.3. The van der Waals surface area contributed by atoms with Gasteiger partial charge in [-0.1, -0.05) is 33.8 Å². The number of carbonyl (C=O) groups excluding carboxylic acids is 1. The van der Waals surface area contributed by atoms with E-state index in [9.17, 15) is 9.90 Å². The summed E-state index contributed by atoms with van der Waals surface area (Å²) in [7, 11) is -2.01. The third-order valence-corrected chi connectivity index (χ3v) is 9.76. The highest BCUT2D eigenvalue weighted by Gasteiger charge is 2.58. The zero-order valence-corrected chi connectivity index (χ0v) is 17.0. The highest BCUT2D eigenvalue weighted by molar-refractivity contribution is 6.74. The van der Waals surface area contributed by atoms with Crippen LogP contribution >= 0.6 is 0 Å². The van der Waals surface area contributed by atoms with Gasteiger partial charge < -0.3 is 14.3 Å². The van der Waals surface area contributed by atoms with Gasteiger partial charge >= 0.3 is 5.97 Å². The first-order valence-corrected chi connectivity index (χ1v) is 11.4. The second kappa shape index (κ2) is 6.69. The Hall–Kier alpha value is -0.653. The van der Waals surface area contributed by atoms with Gasteiger partial charge in [-0.2, -0.15) is 0 Å². The average molecular weight is 343 g/mol. The van der Waals surface area contributed by atoms with E-state index in [1.807, 2.05) is 6.92 Å². The van der Waals surface area contributed by atoms with E-state index in [0.29, 0.717) is 6.42 Å². The van der Waals surface area contributed by atoms with Crippen LogP contribution in [0.3, 0.4) is 0 Å². The van der Waals surface area contributed by atoms with E-state index < -0.39 is 25.8 Å². The fourth-order valence-electron chi connectivity index (χ4n) is 2.94. The van der Waals surface area contributed by atoms with E-state index in [1.54, 1.807) is 19.9 Å². The van der Waals surface area contributed by atoms with Gasteiger partial charge in [0.25, 0.3) is 0 Å². The second-order valence-electron chi connectivity index (χ2n) is 8.66. The molecule has 0 amide bonds. The topological polar surface area (TPSA) is 55.8 Å². The van der Waals surface area contributed by atoms with Crippen molar-refractivity contribution in [3.05, 3.63) is 12.7 Å². The van der Waals surface area contributed by atoms with Crippen molar-refractivity contribution in [3.63, 3.8) is 0 Å². The van der Waals surface area contributed by atoms with Crippen molar-refractivity contribution >= 4 is 14.3 Å². The molecule has 0 aromatic carbocycles. The highest BCUT2D eigenvalue weighted by atomic mass is 28.4. The van der Waals surface area contributed by atoms with Crippen LogP contribution in [0.4, 0.5) is 0 Å². The summed E-state index contributed by atoms with van der Waals surface area (Å²) in [4.78, 5) is 12.4. The molecular formula is C18H34O4Si. The van der Waals surface area contributed by atoms with Crippen molar-refractivity contribution in [1.82, 2.24) is 0 Å². The second-order valence-corrected chi connectivity index (χ2v) is 13.4. The molecule has 4 nitrogen and oxygen atoms in total. The van der Waals surface area contributed by atoms with Gasteiger partial charge in [0.15, 0.2) is 13.9 Å². The molecule has 1 N–H and O–H groups in total. The monoisotopic (exact) mass is 342 g/mol. The van der Waals surface area contributed by atoms with Crippen molar-refractivity contribution in [3.8, 4) is 0 Å². The van der Waals surface area contributed by atoms with Gasteiger partial charge in [0.05, 0.1) is 12.2 Å². The van der Waals surface area contributed by atoms with Crippen LogP contribution in [-0.2, 0) is 14.0 Å². The first-order valence-electron chi connectivity index (χ1n) is 8.50. The van der Waals surface area contributed by atoms with Crippen molar-refractivity contribution in [2.24, 2.45) is 11.8 Å². The Bertz CT molecular complexity index is 452. The van der Waals surface area contributed by atoms with Crippen molar-refractivity contribution in [2.45, 2.75) is 83.9 Å². The molecule has 1 fully saturated rings. The van der Waals surface area contributed by atoms with Gasteiger partial charge in [-0.25, -0.2) is 4.79 Å². The summed E-state index contributed by atoms with van der Waals surface area (Å²) in [6, 6.07) is 0. The Kier molecular flexibility index (Phi) is 5.93. The van der Waals surface area contributed by atoms with Crippen LogP contribution in [0.25, 0.3) is 0 Å². The van der Waals surface area contributed by atoms with Crippen LogP contribution in [0.2, 0.25) is 18.1 Å². The Morgan fingerprint density at radius 2 is 1.91 bits per heavy atom. The third kappa shape index (κ3) is 4.06. The molecule has 0 radical (unpaired) electrons. The zero-order valence-electron chi connectivity index (χ0n) is 16.0. The number of esters is 1. The van der Waals surface area contributed by atoms with Crippen LogP contribution < -0.4 is 0 Å². The molecule has 134 valence electrons. The van der Waals surface area contributed by atoms with Crippen LogP contribution in [0.5, 0.6) is 0 Å². The van der Waals surface area contributed by atoms with Crippen LogP contribution in [0, 0.1) is 11.8 Å². The first kappa shape index (κ1) is 20.4. The quantitative estimate of drug-likeness (QED) is 0.468. The lowest BCUT2D eigenvalue weighted by Crippen LogP contribution is -2.50. The molecule has 1 rings (SSSR count). The minimum absolute atomic E-state index is 0.0665. The van der Waals surface area contributed by atoms with Crippen molar-refractivity contribution in [1.29, 1.82) is 0 Å². The van der Waals surface area contributed by atoms with Crippen LogP contribution in [-0.4, -0.2) is 37.2 Å². The SMILES string of the molecule is C=C[C@H]1[C@H](O[Si](C)(C)C(C)(C)C)[C@@H](C)C[C@]1(O)C(=O)OC(C)C. The van der Waals surface area contributed by atoms with Crippen molar-refractivity contribution < 1.29 is 19.1 Å². The van der Waals surface area contributed by atoms with Gasteiger partial charge in [0.1, 0.15) is 0 Å². The standard InChI is InChI=1S/C18H34O4Si/c1-10-14-15(22-23(8,9)17(5,6)7)13(4)11-18(14,20)16(19)21-12(2)3/h10,12-15,20H,1,11H2,2-9H3/t13-,14-,15+,18+/m0/s1. The molecule has 1 saturated carbocycles. The maximum atomic E-state index is 12.4. The fraction of sp³-hybridized carbons (Fsp3) is 0.833. The van der Waals surface area contributed by atoms with Gasteiger partial charge in [-0.05, 0) is 44.3 Å². The predicted molar refractivity (Wildman–Crippen MR) is 95.7 cm³/mol. The summed E-state index contributed by atoms with van der Waals surface area (Å²) in [5.74, 6) is -0.944. The molecule has 0 aliphatic heterocycles. The fourth-order valence-corrected chi connectivity index (χ4v) is 4.35. The molecule has 0 spiro atoms. The summed E-state index contributed by atoms with van der Waals surface area (Å²) in [5.41, 5.74) is -1.54. The minimum atomic E-state index is -2.01. The first-order chi connectivity index (χ1) is 10.3. The van der Waals surface area contributed by atoms with E-state index in [0.717, 1.165) is 0 Å². The Labute approximate surface area is 142 Å². The van der Waals surface area contributed by atoms with E-state index in [2.05, 4.69) is 40.4 Å². The number of ether oxygens (including phenoxy) is 1. The number of aliphatic hydroxyl groups is 1. The normalized spacial score (nSPS) is 32.2. The molecule has 0 aromatic rings. The summed E-state index contributed by atoms with van der Waals surface area (Å²) in [5, 5.41) is 11.1. The molecule has 0 saturated heterocycles. The van der Waals surface area contributed by atoms with Gasteiger partial charge in [-0.3, -0.25) is 0 Å². The van der Waals surface area contributed by atoms with Gasteiger partial charge in [0.2, 0.25) is 0 Å². The molecule has 0 heterocycles. The van der Waals surface area contributed by atoms with E-state index in [1.165, 1.54) is 0 Å². The summed E-state index contributed by atoms with van der Waals surface area (Å²) >= 11 is 0. The smallest absolute Gasteiger partial charge is 0.339 e. The molecule has 0 aromatic heterocycles. The molecule has 5 heteroatoms. The van der Waals surface area contributed by atoms with E-state index in [-0.39, 0.29) is 23.2 Å². The number of hydrogen-bond acceptors (Lipinski definition) is 4. The average Bonchev–Trinajstić information content (AvgIpc) is 2.59. The minimum Gasteiger partial charge on any atom is -0.461 e. The number of hydrogen-bond donors (Lipinski definition) is 1. The maximum absolute atomic E-state index is 12.4. The van der Waals surface area contributed by atoms with E-state index >= 15 is 0 Å². The molecule has 0 bridgehead atoms. The molecule has 0 unspecified atom stereocenters. The molecule has 4 atom stereocenters. The largest absolute Gasteiger partial charge is 0.461 e. The summed E-state index contributed by atoms with van der Waals surface area (Å²) < 4.78 is 11.8. The Morgan fingerprint density at radius 3 is 2.30 bits per heavy atom. The lowest BCUT2D eigenvalue weighted by atomic mass is 9.90. The lowest BCUT2D eigenvalue weighted by molar-refractivity contribution is -0.173. The Balaban J connectivity index is 3.08. The van der Waals surface area contributed by atoms with Crippen molar-refractivity contribution in [2.75, 3.05) is 0 Å². The van der Waals surface area contributed by atoms with E-state index in [4.69, 9.17) is 9.16 Å². The van der Waals surface area contributed by atoms with Crippen LogP contribution in [0.15, 0.2) is 12.7 Å². The lowest BCUT2D eigenvalue weighted by Gasteiger charge is -2.41. The highest BCUT2D eigenvalue weighted by Crippen LogP contribution is 2.47. The van der Waals surface area contributed by atoms with Gasteiger partial charge in [0, 0.05) is 5.92 Å². The molecule has 1 aliphatic carbocycles. The Morgan fingerprint density at radius 1 is 1.39 bits per heavy atom. The molecular weight excluding hydrogens is 308 g/mol. The maximum Gasteiger partial charge on any atom is 0.339 e. The predicted octanol–water partition coefficient (Wildman–Crippen LogP) is 3.90. The molecule has 1 aliphatic rings. The van der Waals surface area contributed by atoms with Gasteiger partial charge in [-0.15, -0.1) is 6.58 Å². The zero-order chi connectivity index (χ0) is 18.2. The van der Waals surface area contributed by atoms with Crippen LogP contribution in [0.1, 0.15) is 48.0 Å².